The number of aromatic nitrogens is 2. The van der Waals surface area contributed by atoms with Crippen LogP contribution in [0.15, 0.2) is 67.0 Å². The van der Waals surface area contributed by atoms with Gasteiger partial charge in [0.25, 0.3) is 0 Å². The lowest BCUT2D eigenvalue weighted by molar-refractivity contribution is -0.118. The Bertz CT molecular complexity index is 779. The minimum absolute atomic E-state index is 0.157. The van der Waals surface area contributed by atoms with E-state index in [-0.39, 0.29) is 12.5 Å². The highest BCUT2D eigenvalue weighted by atomic mass is 16.1. The summed E-state index contributed by atoms with van der Waals surface area (Å²) in [5, 5.41) is 0. The van der Waals surface area contributed by atoms with Gasteiger partial charge in [-0.15, -0.1) is 0 Å². The van der Waals surface area contributed by atoms with Crippen LogP contribution < -0.4 is 5.73 Å². The molecule has 0 unspecified atom stereocenters. The van der Waals surface area contributed by atoms with E-state index < -0.39 is 0 Å². The number of carbonyl (C=O) groups excluding carboxylic acids is 1. The molecule has 1 amide bonds. The highest BCUT2D eigenvalue weighted by Gasteiger charge is 2.14. The highest BCUT2D eigenvalue weighted by Crippen LogP contribution is 2.23. The van der Waals surface area contributed by atoms with Gasteiger partial charge in [0.1, 0.15) is 6.54 Å². The summed E-state index contributed by atoms with van der Waals surface area (Å²) in [6.07, 6.45) is 3.40. The Morgan fingerprint density at radius 2 is 1.61 bits per heavy atom. The third-order valence-electron chi connectivity index (χ3n) is 3.81. The van der Waals surface area contributed by atoms with Crippen LogP contribution in [0.25, 0.3) is 11.3 Å². The van der Waals surface area contributed by atoms with E-state index in [0.29, 0.717) is 0 Å². The zero-order valence-electron chi connectivity index (χ0n) is 12.9. The van der Waals surface area contributed by atoms with Gasteiger partial charge in [0.05, 0.1) is 12.0 Å². The number of hydrogen-bond acceptors (Lipinski definition) is 2. The van der Waals surface area contributed by atoms with E-state index in [4.69, 9.17) is 5.73 Å². The van der Waals surface area contributed by atoms with Gasteiger partial charge >= 0.3 is 0 Å². The topological polar surface area (TPSA) is 60.9 Å². The first kappa shape index (κ1) is 15.0. The van der Waals surface area contributed by atoms with Gasteiger partial charge in [0.15, 0.2) is 0 Å². The van der Waals surface area contributed by atoms with E-state index in [1.807, 2.05) is 53.1 Å². The molecule has 2 N–H and O–H groups in total. The van der Waals surface area contributed by atoms with Gasteiger partial charge in [-0.1, -0.05) is 60.7 Å². The van der Waals surface area contributed by atoms with Gasteiger partial charge < -0.3 is 10.3 Å². The summed E-state index contributed by atoms with van der Waals surface area (Å²) in [6, 6.07) is 20.3. The fourth-order valence-electron chi connectivity index (χ4n) is 2.72. The molecule has 0 atom stereocenters. The number of amides is 1. The fraction of sp³-hybridized carbons (Fsp3) is 0.158. The Morgan fingerprint density at radius 1 is 0.957 bits per heavy atom. The Balaban J connectivity index is 1.91. The number of hydrogen-bond donors (Lipinski definition) is 1. The number of primary amides is 1. The first-order valence-corrected chi connectivity index (χ1v) is 7.65. The molecule has 0 spiro atoms. The van der Waals surface area contributed by atoms with E-state index in [1.54, 1.807) is 6.33 Å². The van der Waals surface area contributed by atoms with Crippen molar-refractivity contribution >= 4 is 5.91 Å². The SMILES string of the molecule is NC(=O)Cn1cnc(-c2ccccc2)c1CCc1ccccc1. The Morgan fingerprint density at radius 3 is 2.26 bits per heavy atom. The zero-order valence-corrected chi connectivity index (χ0v) is 12.9. The van der Waals surface area contributed by atoms with Crippen molar-refractivity contribution in [1.29, 1.82) is 0 Å². The van der Waals surface area contributed by atoms with E-state index in [9.17, 15) is 4.79 Å². The molecule has 0 saturated carbocycles. The van der Waals surface area contributed by atoms with Gasteiger partial charge in [0, 0.05) is 11.3 Å². The second kappa shape index (κ2) is 6.92. The van der Waals surface area contributed by atoms with Crippen LogP contribution in [0.5, 0.6) is 0 Å². The molecule has 0 radical (unpaired) electrons. The minimum Gasteiger partial charge on any atom is -0.368 e. The first-order valence-electron chi connectivity index (χ1n) is 7.65. The van der Waals surface area contributed by atoms with Crippen LogP contribution in [0.2, 0.25) is 0 Å². The number of nitrogens with two attached hydrogens (primary N) is 1. The average molecular weight is 305 g/mol. The van der Waals surface area contributed by atoms with Crippen LogP contribution in [0.4, 0.5) is 0 Å². The predicted molar refractivity (Wildman–Crippen MR) is 90.7 cm³/mol. The first-order chi connectivity index (χ1) is 11.2. The number of benzene rings is 2. The highest BCUT2D eigenvalue weighted by molar-refractivity contribution is 5.74. The molecular weight excluding hydrogens is 286 g/mol. The monoisotopic (exact) mass is 305 g/mol. The van der Waals surface area contributed by atoms with E-state index >= 15 is 0 Å². The molecule has 0 aliphatic rings. The lowest BCUT2D eigenvalue weighted by Crippen LogP contribution is -2.19. The lowest BCUT2D eigenvalue weighted by atomic mass is 10.0. The number of nitrogens with zero attached hydrogens (tertiary/aromatic N) is 2. The maximum Gasteiger partial charge on any atom is 0.237 e. The minimum atomic E-state index is -0.358. The van der Waals surface area contributed by atoms with Crippen molar-refractivity contribution in [2.75, 3.05) is 0 Å². The van der Waals surface area contributed by atoms with Crippen LogP contribution >= 0.6 is 0 Å². The third-order valence-corrected chi connectivity index (χ3v) is 3.81. The Hall–Kier alpha value is -2.88. The smallest absolute Gasteiger partial charge is 0.237 e. The summed E-state index contributed by atoms with van der Waals surface area (Å²) < 4.78 is 1.85. The largest absolute Gasteiger partial charge is 0.368 e. The maximum absolute atomic E-state index is 11.3. The molecule has 0 saturated heterocycles. The van der Waals surface area contributed by atoms with E-state index in [2.05, 4.69) is 17.1 Å². The fourth-order valence-corrected chi connectivity index (χ4v) is 2.72. The van der Waals surface area contributed by atoms with Gasteiger partial charge in [-0.25, -0.2) is 4.98 Å². The van der Waals surface area contributed by atoms with Crippen LogP contribution in [-0.4, -0.2) is 15.5 Å². The molecular formula is C19H19N3O. The number of imidazole rings is 1. The zero-order chi connectivity index (χ0) is 16.1. The molecule has 1 aromatic heterocycles. The molecule has 3 rings (SSSR count). The summed E-state index contributed by atoms with van der Waals surface area (Å²) in [5.74, 6) is -0.358. The number of aryl methyl sites for hydroxylation is 1. The summed E-state index contributed by atoms with van der Waals surface area (Å²) >= 11 is 0. The van der Waals surface area contributed by atoms with Crippen LogP contribution in [-0.2, 0) is 24.2 Å². The molecule has 0 aliphatic carbocycles. The van der Waals surface area contributed by atoms with E-state index in [0.717, 1.165) is 29.8 Å². The second-order valence-corrected chi connectivity index (χ2v) is 5.49. The second-order valence-electron chi connectivity index (χ2n) is 5.49. The van der Waals surface area contributed by atoms with Crippen LogP contribution in [0.1, 0.15) is 11.3 Å². The van der Waals surface area contributed by atoms with Crippen molar-refractivity contribution in [1.82, 2.24) is 9.55 Å². The molecule has 0 bridgehead atoms. The van der Waals surface area contributed by atoms with E-state index in [1.165, 1.54) is 5.56 Å². The number of carbonyl (C=O) groups is 1. The molecule has 0 aliphatic heterocycles. The van der Waals surface area contributed by atoms with Crippen molar-refractivity contribution in [2.45, 2.75) is 19.4 Å². The predicted octanol–water partition coefficient (Wildman–Crippen LogP) is 2.82. The summed E-state index contributed by atoms with van der Waals surface area (Å²) in [6.45, 7) is 0.157. The average Bonchev–Trinajstić information content (AvgIpc) is 2.96. The molecule has 116 valence electrons. The summed E-state index contributed by atoms with van der Waals surface area (Å²) in [5.41, 5.74) is 9.64. The molecule has 0 fully saturated rings. The van der Waals surface area contributed by atoms with Crippen molar-refractivity contribution in [3.63, 3.8) is 0 Å². The molecule has 1 heterocycles. The quantitative estimate of drug-likeness (QED) is 0.761. The Kier molecular flexibility index (Phi) is 4.52. The normalized spacial score (nSPS) is 10.6. The van der Waals surface area contributed by atoms with Crippen LogP contribution in [0.3, 0.4) is 0 Å². The van der Waals surface area contributed by atoms with Crippen molar-refractivity contribution in [2.24, 2.45) is 5.73 Å². The molecule has 4 heteroatoms. The molecule has 23 heavy (non-hydrogen) atoms. The van der Waals surface area contributed by atoms with Crippen molar-refractivity contribution < 1.29 is 4.79 Å². The standard InChI is InChI=1S/C19H19N3O/c20-18(23)13-22-14-21-19(16-9-5-2-6-10-16)17(22)12-11-15-7-3-1-4-8-15/h1-10,14H,11-13H2,(H2,20,23). The third kappa shape index (κ3) is 3.66. The number of rotatable bonds is 6. The molecule has 3 aromatic rings. The lowest BCUT2D eigenvalue weighted by Gasteiger charge is -2.09. The van der Waals surface area contributed by atoms with Crippen molar-refractivity contribution in [3.8, 4) is 11.3 Å². The molecule has 2 aromatic carbocycles. The Labute approximate surface area is 135 Å². The molecule has 4 nitrogen and oxygen atoms in total. The van der Waals surface area contributed by atoms with Gasteiger partial charge in [-0.3, -0.25) is 4.79 Å². The van der Waals surface area contributed by atoms with Crippen LogP contribution in [0, 0.1) is 0 Å². The summed E-state index contributed by atoms with van der Waals surface area (Å²) in [7, 11) is 0. The van der Waals surface area contributed by atoms with Crippen molar-refractivity contribution in [3.05, 3.63) is 78.2 Å². The van der Waals surface area contributed by atoms with Gasteiger partial charge in [-0.2, -0.15) is 0 Å². The summed E-state index contributed by atoms with van der Waals surface area (Å²) in [4.78, 5) is 15.8. The van der Waals surface area contributed by atoms with Gasteiger partial charge in [0.2, 0.25) is 5.91 Å². The van der Waals surface area contributed by atoms with Gasteiger partial charge in [-0.05, 0) is 18.4 Å². The maximum atomic E-state index is 11.3.